The van der Waals surface area contributed by atoms with E-state index in [1.165, 1.54) is 19.1 Å². The molecule has 2 unspecified atom stereocenters. The molecule has 0 bridgehead atoms. The molecule has 88 valence electrons. The largest absolute Gasteiger partial charge is 0.480 e. The summed E-state index contributed by atoms with van der Waals surface area (Å²) in [4.78, 5) is 22.1. The highest BCUT2D eigenvalue weighted by molar-refractivity contribution is 6.29. The van der Waals surface area contributed by atoms with Crippen molar-refractivity contribution in [3.8, 4) is 0 Å². The number of hydrogen-bond donors (Lipinski definition) is 3. The molecule has 0 fully saturated rings. The molecule has 0 aliphatic heterocycles. The van der Waals surface area contributed by atoms with E-state index in [4.69, 9.17) is 26.2 Å². The van der Waals surface area contributed by atoms with Gasteiger partial charge in [-0.05, 0) is 30.7 Å². The first-order valence-corrected chi connectivity index (χ1v) is 4.76. The third-order valence-corrected chi connectivity index (χ3v) is 2.04. The molecule has 0 radical (unpaired) electrons. The van der Waals surface area contributed by atoms with Crippen LogP contribution in [0, 0.1) is 0 Å². The molecule has 2 atom stereocenters. The zero-order valence-electron chi connectivity index (χ0n) is 8.31. The van der Waals surface area contributed by atoms with Crippen LogP contribution in [0.15, 0.2) is 16.5 Å². The van der Waals surface area contributed by atoms with E-state index in [9.17, 15) is 9.59 Å². The number of carbonyl (C=O) groups excluding carboxylic acids is 1. The van der Waals surface area contributed by atoms with Crippen LogP contribution in [0.1, 0.15) is 17.5 Å². The number of carboxylic acids is 1. The molecule has 6 nitrogen and oxygen atoms in total. The van der Waals surface area contributed by atoms with Gasteiger partial charge in [0.15, 0.2) is 17.0 Å². The van der Waals surface area contributed by atoms with Crippen molar-refractivity contribution in [2.75, 3.05) is 0 Å². The Bertz CT molecular complexity index is 400. The molecule has 16 heavy (non-hydrogen) atoms. The highest BCUT2D eigenvalue weighted by Crippen LogP contribution is 2.13. The number of amides is 1. The Labute approximate surface area is 95.8 Å². The maximum Gasteiger partial charge on any atom is 0.328 e. The van der Waals surface area contributed by atoms with Crippen LogP contribution in [-0.2, 0) is 4.79 Å². The molecular weight excluding hydrogens is 238 g/mol. The number of aliphatic hydroxyl groups is 1. The van der Waals surface area contributed by atoms with Gasteiger partial charge < -0.3 is 19.9 Å². The molecule has 1 amide bonds. The number of carbonyl (C=O) groups is 2. The molecule has 0 aromatic carbocycles. The summed E-state index contributed by atoms with van der Waals surface area (Å²) < 4.78 is 4.78. The van der Waals surface area contributed by atoms with Gasteiger partial charge in [0.25, 0.3) is 5.91 Å². The van der Waals surface area contributed by atoms with Crippen molar-refractivity contribution in [3.63, 3.8) is 0 Å². The highest BCUT2D eigenvalue weighted by atomic mass is 35.5. The topological polar surface area (TPSA) is 99.8 Å². The van der Waals surface area contributed by atoms with Crippen molar-refractivity contribution in [2.45, 2.75) is 19.1 Å². The van der Waals surface area contributed by atoms with E-state index >= 15 is 0 Å². The van der Waals surface area contributed by atoms with Gasteiger partial charge in [-0.25, -0.2) is 4.79 Å². The molecule has 1 heterocycles. The third-order valence-electron chi connectivity index (χ3n) is 1.83. The third kappa shape index (κ3) is 2.98. The summed E-state index contributed by atoms with van der Waals surface area (Å²) in [7, 11) is 0. The number of aliphatic carboxylic acids is 1. The van der Waals surface area contributed by atoms with Gasteiger partial charge in [-0.15, -0.1) is 0 Å². The molecule has 0 saturated heterocycles. The Morgan fingerprint density at radius 2 is 2.12 bits per heavy atom. The number of carboxylic acid groups (broad SMARTS) is 1. The lowest BCUT2D eigenvalue weighted by Crippen LogP contribution is -2.47. The molecule has 0 saturated carbocycles. The molecular formula is C9H10ClNO5. The van der Waals surface area contributed by atoms with E-state index in [0.29, 0.717) is 0 Å². The van der Waals surface area contributed by atoms with Gasteiger partial charge in [-0.1, -0.05) is 0 Å². The first-order chi connectivity index (χ1) is 7.41. The van der Waals surface area contributed by atoms with Crippen molar-refractivity contribution in [2.24, 2.45) is 0 Å². The molecule has 3 N–H and O–H groups in total. The summed E-state index contributed by atoms with van der Waals surface area (Å²) >= 11 is 5.45. The van der Waals surface area contributed by atoms with Crippen LogP contribution in [0.3, 0.4) is 0 Å². The van der Waals surface area contributed by atoms with Crippen molar-refractivity contribution >= 4 is 23.5 Å². The summed E-state index contributed by atoms with van der Waals surface area (Å²) in [5.41, 5.74) is 0. The van der Waals surface area contributed by atoms with Crippen LogP contribution in [0.5, 0.6) is 0 Å². The summed E-state index contributed by atoms with van der Waals surface area (Å²) in [6.45, 7) is 1.26. The molecule has 0 aliphatic carbocycles. The second-order valence-corrected chi connectivity index (χ2v) is 3.51. The molecule has 1 aromatic rings. The average molecular weight is 248 g/mol. The lowest BCUT2D eigenvalue weighted by Gasteiger charge is -2.15. The monoisotopic (exact) mass is 247 g/mol. The van der Waals surface area contributed by atoms with E-state index in [-0.39, 0.29) is 11.0 Å². The lowest BCUT2D eigenvalue weighted by atomic mass is 10.2. The maximum atomic E-state index is 11.4. The normalized spacial score (nSPS) is 14.2. The smallest absolute Gasteiger partial charge is 0.328 e. The van der Waals surface area contributed by atoms with E-state index in [2.05, 4.69) is 5.32 Å². The molecule has 0 spiro atoms. The van der Waals surface area contributed by atoms with Crippen LogP contribution in [0.25, 0.3) is 0 Å². The number of halogens is 1. The van der Waals surface area contributed by atoms with Crippen molar-refractivity contribution in [1.82, 2.24) is 5.32 Å². The number of hydrogen-bond acceptors (Lipinski definition) is 4. The Morgan fingerprint density at radius 1 is 1.50 bits per heavy atom. The van der Waals surface area contributed by atoms with Gasteiger partial charge in [0.1, 0.15) is 0 Å². The molecule has 0 aliphatic rings. The molecule has 1 aromatic heterocycles. The Hall–Kier alpha value is -1.53. The standard InChI is InChI=1S/C9H10ClNO5/c1-4(12)7(9(14)15)11-8(13)5-2-3-6(10)16-5/h2-4,7,12H,1H3,(H,11,13)(H,14,15). The van der Waals surface area contributed by atoms with Gasteiger partial charge in [0, 0.05) is 0 Å². The van der Waals surface area contributed by atoms with Crippen LogP contribution < -0.4 is 5.32 Å². The number of furan rings is 1. The SMILES string of the molecule is CC(O)C(NC(=O)c1ccc(Cl)o1)C(=O)O. The highest BCUT2D eigenvalue weighted by Gasteiger charge is 2.26. The van der Waals surface area contributed by atoms with Crippen LogP contribution in [0.2, 0.25) is 5.22 Å². The van der Waals surface area contributed by atoms with E-state index < -0.39 is 24.0 Å². The number of nitrogens with one attached hydrogen (secondary N) is 1. The van der Waals surface area contributed by atoms with E-state index in [1.54, 1.807) is 0 Å². The van der Waals surface area contributed by atoms with Crippen LogP contribution in [-0.4, -0.2) is 34.2 Å². The Kier molecular flexibility index (Phi) is 3.92. The zero-order valence-corrected chi connectivity index (χ0v) is 9.06. The predicted octanol–water partition coefficient (Wildman–Crippen LogP) is 0.497. The second-order valence-electron chi connectivity index (χ2n) is 3.13. The Balaban J connectivity index is 2.73. The summed E-state index contributed by atoms with van der Waals surface area (Å²) in [6, 6.07) is 1.27. The fraction of sp³-hybridized carbons (Fsp3) is 0.333. The Morgan fingerprint density at radius 3 is 2.50 bits per heavy atom. The van der Waals surface area contributed by atoms with Gasteiger partial charge in [-0.3, -0.25) is 4.79 Å². The van der Waals surface area contributed by atoms with Crippen molar-refractivity contribution < 1.29 is 24.2 Å². The predicted molar refractivity (Wildman–Crippen MR) is 54.3 cm³/mol. The van der Waals surface area contributed by atoms with E-state index in [0.717, 1.165) is 0 Å². The maximum absolute atomic E-state index is 11.4. The van der Waals surface area contributed by atoms with Gasteiger partial charge in [0.2, 0.25) is 0 Å². The minimum atomic E-state index is -1.39. The first kappa shape index (κ1) is 12.5. The van der Waals surface area contributed by atoms with E-state index in [1.807, 2.05) is 0 Å². The van der Waals surface area contributed by atoms with Gasteiger partial charge in [0.05, 0.1) is 6.10 Å². The van der Waals surface area contributed by atoms with Crippen LogP contribution in [0.4, 0.5) is 0 Å². The molecule has 1 rings (SSSR count). The minimum Gasteiger partial charge on any atom is -0.480 e. The fourth-order valence-corrected chi connectivity index (χ4v) is 1.18. The average Bonchev–Trinajstić information content (AvgIpc) is 2.59. The molecule has 7 heteroatoms. The summed E-state index contributed by atoms with van der Waals surface area (Å²) in [5, 5.41) is 20.0. The van der Waals surface area contributed by atoms with Gasteiger partial charge in [-0.2, -0.15) is 0 Å². The zero-order chi connectivity index (χ0) is 12.3. The number of rotatable bonds is 4. The minimum absolute atomic E-state index is 0.0223. The van der Waals surface area contributed by atoms with Crippen molar-refractivity contribution in [1.29, 1.82) is 0 Å². The van der Waals surface area contributed by atoms with Gasteiger partial charge >= 0.3 is 5.97 Å². The van der Waals surface area contributed by atoms with Crippen molar-refractivity contribution in [3.05, 3.63) is 23.1 Å². The summed E-state index contributed by atoms with van der Waals surface area (Å²) in [5.74, 6) is -2.20. The summed E-state index contributed by atoms with van der Waals surface area (Å²) in [6.07, 6.45) is -1.22. The first-order valence-electron chi connectivity index (χ1n) is 4.39. The quantitative estimate of drug-likeness (QED) is 0.719. The fourth-order valence-electron chi connectivity index (χ4n) is 1.04. The number of aliphatic hydroxyl groups excluding tert-OH is 1. The lowest BCUT2D eigenvalue weighted by molar-refractivity contribution is -0.141. The van der Waals surface area contributed by atoms with Crippen LogP contribution >= 0.6 is 11.6 Å². The second kappa shape index (κ2) is 5.00.